The van der Waals surface area contributed by atoms with E-state index < -0.39 is 0 Å². The molecule has 0 saturated heterocycles. The second-order valence-electron chi connectivity index (χ2n) is 5.52. The van der Waals surface area contributed by atoms with Crippen LogP contribution >= 0.6 is 23.8 Å². The van der Waals surface area contributed by atoms with Gasteiger partial charge in [-0.05, 0) is 36.5 Å². The van der Waals surface area contributed by atoms with Crippen molar-refractivity contribution in [3.05, 3.63) is 23.2 Å². The number of anilines is 1. The number of nitrogens with two attached hydrogens (primary N) is 1. The van der Waals surface area contributed by atoms with Crippen LogP contribution < -0.4 is 15.4 Å². The monoisotopic (exact) mass is 310 g/mol. The maximum Gasteiger partial charge on any atom is 0.265 e. The summed E-state index contributed by atoms with van der Waals surface area (Å²) in [6.45, 7) is 0.692. The number of amides is 1. The van der Waals surface area contributed by atoms with Crippen LogP contribution in [0.5, 0.6) is 5.75 Å². The first-order valence-electron chi connectivity index (χ1n) is 6.50. The zero-order chi connectivity index (χ0) is 14.3. The van der Waals surface area contributed by atoms with Crippen molar-refractivity contribution in [1.82, 2.24) is 0 Å². The van der Waals surface area contributed by atoms with Crippen molar-refractivity contribution >= 4 is 40.4 Å². The fourth-order valence-electron chi connectivity index (χ4n) is 2.62. The lowest BCUT2D eigenvalue weighted by Crippen LogP contribution is -2.42. The highest BCUT2D eigenvalue weighted by Crippen LogP contribution is 2.51. The Morgan fingerprint density at radius 2 is 2.25 bits per heavy atom. The summed E-state index contributed by atoms with van der Waals surface area (Å²) in [7, 11) is 0. The van der Waals surface area contributed by atoms with Gasteiger partial charge in [-0.2, -0.15) is 0 Å². The first kappa shape index (κ1) is 13.6. The SMILES string of the molecule is NC(=S)CC1(CN2C(=O)COc3ccc(Cl)cc32)CC1. The van der Waals surface area contributed by atoms with E-state index in [0.717, 1.165) is 18.5 Å². The summed E-state index contributed by atoms with van der Waals surface area (Å²) < 4.78 is 5.44. The molecule has 0 unspecified atom stereocenters. The molecule has 1 fully saturated rings. The van der Waals surface area contributed by atoms with Crippen molar-refractivity contribution in [1.29, 1.82) is 0 Å². The molecule has 1 aliphatic heterocycles. The fourth-order valence-corrected chi connectivity index (χ4v) is 3.09. The van der Waals surface area contributed by atoms with Gasteiger partial charge in [-0.15, -0.1) is 0 Å². The quantitative estimate of drug-likeness (QED) is 0.868. The predicted octanol–water partition coefficient (Wildman–Crippen LogP) is 2.52. The Morgan fingerprint density at radius 3 is 2.90 bits per heavy atom. The zero-order valence-corrected chi connectivity index (χ0v) is 12.5. The van der Waals surface area contributed by atoms with Crippen molar-refractivity contribution in [2.75, 3.05) is 18.1 Å². The Labute approximate surface area is 127 Å². The number of fused-ring (bicyclic) bond motifs is 1. The van der Waals surface area contributed by atoms with Crippen LogP contribution in [0, 0.1) is 5.41 Å². The van der Waals surface area contributed by atoms with E-state index in [1.807, 2.05) is 0 Å². The number of thiocarbonyl (C=S) groups is 1. The number of hydrogen-bond acceptors (Lipinski definition) is 3. The second-order valence-corrected chi connectivity index (χ2v) is 6.48. The summed E-state index contributed by atoms with van der Waals surface area (Å²) in [4.78, 5) is 14.4. The molecule has 1 amide bonds. The second kappa shape index (κ2) is 4.90. The third-order valence-electron chi connectivity index (χ3n) is 3.86. The van der Waals surface area contributed by atoms with E-state index in [0.29, 0.717) is 28.7 Å². The fraction of sp³-hybridized carbons (Fsp3) is 0.429. The summed E-state index contributed by atoms with van der Waals surface area (Å²) in [5.74, 6) is 0.647. The molecule has 0 aromatic heterocycles. The van der Waals surface area contributed by atoms with Crippen LogP contribution in [0.4, 0.5) is 5.69 Å². The van der Waals surface area contributed by atoms with Gasteiger partial charge in [0.15, 0.2) is 6.61 Å². The number of hydrogen-bond donors (Lipinski definition) is 1. The number of carbonyl (C=O) groups is 1. The minimum absolute atomic E-state index is 0.0401. The molecule has 106 valence electrons. The Morgan fingerprint density at radius 1 is 1.50 bits per heavy atom. The Bertz CT molecular complexity index is 587. The first-order chi connectivity index (χ1) is 9.49. The van der Waals surface area contributed by atoms with Gasteiger partial charge in [0, 0.05) is 18.0 Å². The van der Waals surface area contributed by atoms with E-state index >= 15 is 0 Å². The van der Waals surface area contributed by atoms with Crippen molar-refractivity contribution in [2.24, 2.45) is 11.1 Å². The number of nitrogens with zero attached hydrogens (tertiary/aromatic N) is 1. The number of carbonyl (C=O) groups excluding carboxylic acids is 1. The number of halogens is 1. The van der Waals surface area contributed by atoms with Crippen molar-refractivity contribution in [3.63, 3.8) is 0 Å². The molecule has 20 heavy (non-hydrogen) atoms. The summed E-state index contributed by atoms with van der Waals surface area (Å²) in [6.07, 6.45) is 2.78. The van der Waals surface area contributed by atoms with E-state index in [1.165, 1.54) is 0 Å². The maximum atomic E-state index is 12.2. The smallest absolute Gasteiger partial charge is 0.265 e. The van der Waals surface area contributed by atoms with Gasteiger partial charge in [0.25, 0.3) is 5.91 Å². The summed E-state index contributed by atoms with van der Waals surface area (Å²) in [6, 6.07) is 5.32. The van der Waals surface area contributed by atoms with Crippen molar-refractivity contribution in [2.45, 2.75) is 19.3 Å². The van der Waals surface area contributed by atoms with Gasteiger partial charge < -0.3 is 15.4 Å². The molecule has 1 saturated carbocycles. The molecule has 3 rings (SSSR count). The summed E-state index contributed by atoms with van der Waals surface area (Å²) in [5.41, 5.74) is 6.44. The minimum atomic E-state index is -0.0472. The number of rotatable bonds is 4. The molecule has 4 nitrogen and oxygen atoms in total. The predicted molar refractivity (Wildman–Crippen MR) is 82.4 cm³/mol. The molecule has 6 heteroatoms. The molecule has 0 bridgehead atoms. The van der Waals surface area contributed by atoms with Gasteiger partial charge in [-0.25, -0.2) is 0 Å². The average molecular weight is 311 g/mol. The third-order valence-corrected chi connectivity index (χ3v) is 4.24. The molecule has 2 aliphatic rings. The van der Waals surface area contributed by atoms with E-state index in [9.17, 15) is 4.79 Å². The van der Waals surface area contributed by atoms with Crippen LogP contribution in [0.25, 0.3) is 0 Å². The average Bonchev–Trinajstić information content (AvgIpc) is 3.12. The van der Waals surface area contributed by atoms with Crippen molar-refractivity contribution in [3.8, 4) is 5.75 Å². The number of benzene rings is 1. The van der Waals surface area contributed by atoms with E-state index in [-0.39, 0.29) is 17.9 Å². The zero-order valence-electron chi connectivity index (χ0n) is 10.9. The van der Waals surface area contributed by atoms with Gasteiger partial charge in [0.05, 0.1) is 10.7 Å². The Balaban J connectivity index is 1.88. The molecule has 1 aliphatic carbocycles. The highest BCUT2D eigenvalue weighted by molar-refractivity contribution is 7.80. The molecule has 1 heterocycles. The normalized spacial score (nSPS) is 19.2. The summed E-state index contributed by atoms with van der Waals surface area (Å²) >= 11 is 11.0. The van der Waals surface area contributed by atoms with Crippen LogP contribution in [-0.2, 0) is 4.79 Å². The lowest BCUT2D eigenvalue weighted by molar-refractivity contribution is -0.121. The number of ether oxygens (including phenoxy) is 1. The molecule has 0 spiro atoms. The van der Waals surface area contributed by atoms with Gasteiger partial charge in [0.1, 0.15) is 5.75 Å². The van der Waals surface area contributed by atoms with E-state index in [2.05, 4.69) is 0 Å². The lowest BCUT2D eigenvalue weighted by atomic mass is 10.0. The molecule has 1 aromatic carbocycles. The molecular formula is C14H15ClN2O2S. The van der Waals surface area contributed by atoms with Gasteiger partial charge in [-0.1, -0.05) is 23.8 Å². The standard InChI is InChI=1S/C14H15ClN2O2S/c15-9-1-2-11-10(5-9)17(13(18)7-19-11)8-14(3-4-14)6-12(16)20/h1-2,5H,3-4,6-8H2,(H2,16,20). The van der Waals surface area contributed by atoms with Crippen LogP contribution in [0.2, 0.25) is 5.02 Å². The van der Waals surface area contributed by atoms with Crippen LogP contribution in [-0.4, -0.2) is 24.0 Å². The van der Waals surface area contributed by atoms with Crippen LogP contribution in [0.15, 0.2) is 18.2 Å². The van der Waals surface area contributed by atoms with Gasteiger partial charge in [-0.3, -0.25) is 4.79 Å². The third kappa shape index (κ3) is 2.60. The lowest BCUT2D eigenvalue weighted by Gasteiger charge is -2.32. The topological polar surface area (TPSA) is 55.6 Å². The van der Waals surface area contributed by atoms with E-state index in [1.54, 1.807) is 23.1 Å². The largest absolute Gasteiger partial charge is 0.482 e. The highest BCUT2D eigenvalue weighted by atomic mass is 35.5. The summed E-state index contributed by atoms with van der Waals surface area (Å²) in [5, 5.41) is 0.589. The maximum absolute atomic E-state index is 12.2. The van der Waals surface area contributed by atoms with Gasteiger partial charge in [0.2, 0.25) is 0 Å². The molecule has 1 aromatic rings. The first-order valence-corrected chi connectivity index (χ1v) is 7.29. The highest BCUT2D eigenvalue weighted by Gasteiger charge is 2.46. The minimum Gasteiger partial charge on any atom is -0.482 e. The van der Waals surface area contributed by atoms with Crippen LogP contribution in [0.1, 0.15) is 19.3 Å². The Kier molecular flexibility index (Phi) is 3.34. The van der Waals surface area contributed by atoms with E-state index in [4.69, 9.17) is 34.3 Å². The Hall–Kier alpha value is -1.33. The van der Waals surface area contributed by atoms with Gasteiger partial charge >= 0.3 is 0 Å². The van der Waals surface area contributed by atoms with Crippen molar-refractivity contribution < 1.29 is 9.53 Å². The molecule has 0 radical (unpaired) electrons. The molecule has 0 atom stereocenters. The molecular weight excluding hydrogens is 296 g/mol. The molecule has 2 N–H and O–H groups in total. The van der Waals surface area contributed by atoms with Crippen LogP contribution in [0.3, 0.4) is 0 Å².